The molecule has 0 unspecified atom stereocenters. The van der Waals surface area contributed by atoms with Crippen LogP contribution in [-0.4, -0.2) is 122 Å². The predicted molar refractivity (Wildman–Crippen MR) is 48.7 cm³/mol. The van der Waals surface area contributed by atoms with Gasteiger partial charge >= 0.3 is 0 Å². The summed E-state index contributed by atoms with van der Waals surface area (Å²) in [6, 6.07) is 0. The maximum atomic E-state index is 9.90. The van der Waals surface area contributed by atoms with Crippen molar-refractivity contribution in [3.63, 3.8) is 0 Å². The first-order valence-electron chi connectivity index (χ1n) is 3.33. The molecule has 2 radical (unpaired) electrons. The van der Waals surface area contributed by atoms with Gasteiger partial charge in [0.05, 0.1) is 6.61 Å². The number of aliphatic hydroxyl groups is 5. The van der Waals surface area contributed by atoms with Crippen LogP contribution in [0.4, 0.5) is 0 Å². The summed E-state index contributed by atoms with van der Waals surface area (Å²) in [5.41, 5.74) is 0. The number of carbonyl (C=O) groups is 1. The monoisotopic (exact) mass is 226 g/mol. The standard InChI is InChI=1S/C6H12O6.2Na/c7-1-3(9)5(11)6(12)4(10)2-8;;/h1,3-6,8-12H,2H2;;/t3-,4+,5+,6+;;/m0../s1. The van der Waals surface area contributed by atoms with E-state index in [1.807, 2.05) is 0 Å². The van der Waals surface area contributed by atoms with E-state index in [1.165, 1.54) is 0 Å². The number of carbonyl (C=O) groups excluding carboxylic acids is 1. The van der Waals surface area contributed by atoms with Gasteiger partial charge in [0.15, 0.2) is 6.29 Å². The van der Waals surface area contributed by atoms with Gasteiger partial charge in [-0.2, -0.15) is 0 Å². The summed E-state index contributed by atoms with van der Waals surface area (Å²) in [7, 11) is 0. The molecule has 5 N–H and O–H groups in total. The predicted octanol–water partition coefficient (Wildman–Crippen LogP) is -4.14. The van der Waals surface area contributed by atoms with Crippen molar-refractivity contribution in [3.8, 4) is 0 Å². The fourth-order valence-corrected chi connectivity index (χ4v) is 0.618. The van der Waals surface area contributed by atoms with Gasteiger partial charge in [-0.25, -0.2) is 0 Å². The Hall–Kier alpha value is 1.47. The summed E-state index contributed by atoms with van der Waals surface area (Å²) in [6.45, 7) is -0.760. The molecule has 0 heterocycles. The Morgan fingerprint density at radius 2 is 1.43 bits per heavy atom. The van der Waals surface area contributed by atoms with Crippen molar-refractivity contribution >= 4 is 65.4 Å². The Balaban J connectivity index is -0.000000605. The van der Waals surface area contributed by atoms with E-state index < -0.39 is 31.0 Å². The molecule has 0 aliphatic rings. The van der Waals surface area contributed by atoms with Crippen LogP contribution in [0.3, 0.4) is 0 Å². The Labute approximate surface area is 126 Å². The van der Waals surface area contributed by atoms with Gasteiger partial charge < -0.3 is 30.3 Å². The minimum Gasteiger partial charge on any atom is -0.394 e. The number of hydrogen-bond donors (Lipinski definition) is 5. The van der Waals surface area contributed by atoms with Gasteiger partial charge in [-0.15, -0.1) is 0 Å². The first-order valence-corrected chi connectivity index (χ1v) is 3.33. The van der Waals surface area contributed by atoms with Gasteiger partial charge in [0, 0.05) is 59.1 Å². The second-order valence-corrected chi connectivity index (χ2v) is 2.36. The average molecular weight is 226 g/mol. The number of aldehydes is 1. The molecule has 0 rings (SSSR count). The van der Waals surface area contributed by atoms with Crippen LogP contribution in [0, 0.1) is 0 Å². The van der Waals surface area contributed by atoms with Gasteiger partial charge in [-0.1, -0.05) is 0 Å². The molecule has 0 aliphatic carbocycles. The van der Waals surface area contributed by atoms with Crippen molar-refractivity contribution in [2.45, 2.75) is 24.4 Å². The summed E-state index contributed by atoms with van der Waals surface area (Å²) >= 11 is 0. The Bertz CT molecular complexity index is 146. The van der Waals surface area contributed by atoms with Crippen LogP contribution in [0.1, 0.15) is 0 Å². The zero-order chi connectivity index (χ0) is 9.72. The van der Waals surface area contributed by atoms with E-state index in [0.29, 0.717) is 0 Å². The molecule has 74 valence electrons. The van der Waals surface area contributed by atoms with Gasteiger partial charge in [0.25, 0.3) is 0 Å². The van der Waals surface area contributed by atoms with Gasteiger partial charge in [0.2, 0.25) is 0 Å². The first-order chi connectivity index (χ1) is 5.54. The minimum atomic E-state index is -1.79. The van der Waals surface area contributed by atoms with Crippen molar-refractivity contribution in [2.24, 2.45) is 0 Å². The molecule has 0 saturated heterocycles. The molecular formula is C6H12Na2O6. The number of rotatable bonds is 5. The van der Waals surface area contributed by atoms with Gasteiger partial charge in [-0.05, 0) is 0 Å². The smallest absolute Gasteiger partial charge is 0.151 e. The second-order valence-electron chi connectivity index (χ2n) is 2.36. The second kappa shape index (κ2) is 11.0. The van der Waals surface area contributed by atoms with Crippen LogP contribution in [0.25, 0.3) is 0 Å². The Morgan fingerprint density at radius 1 is 1.00 bits per heavy atom. The van der Waals surface area contributed by atoms with E-state index in [4.69, 9.17) is 25.5 Å². The van der Waals surface area contributed by atoms with E-state index in [2.05, 4.69) is 0 Å². The van der Waals surface area contributed by atoms with Crippen LogP contribution in [-0.2, 0) is 4.79 Å². The third-order valence-corrected chi connectivity index (χ3v) is 1.42. The van der Waals surface area contributed by atoms with Gasteiger partial charge in [0.1, 0.15) is 24.4 Å². The van der Waals surface area contributed by atoms with Crippen molar-refractivity contribution < 1.29 is 30.3 Å². The normalized spacial score (nSPS) is 18.1. The van der Waals surface area contributed by atoms with E-state index in [-0.39, 0.29) is 65.4 Å². The number of aliphatic hydroxyl groups excluding tert-OH is 5. The molecular weight excluding hydrogens is 214 g/mol. The Morgan fingerprint density at radius 3 is 1.71 bits per heavy atom. The summed E-state index contributed by atoms with van der Waals surface area (Å²) in [4.78, 5) is 9.90. The average Bonchev–Trinajstić information content (AvgIpc) is 2.12. The molecule has 0 bridgehead atoms. The van der Waals surface area contributed by atoms with Crippen molar-refractivity contribution in [2.75, 3.05) is 6.61 Å². The molecule has 6 nitrogen and oxygen atoms in total. The fraction of sp³-hybridized carbons (Fsp3) is 0.833. The quantitative estimate of drug-likeness (QED) is 0.240. The van der Waals surface area contributed by atoms with Crippen molar-refractivity contribution in [1.82, 2.24) is 0 Å². The summed E-state index contributed by atoms with van der Waals surface area (Å²) in [5, 5.41) is 43.5. The molecule has 4 atom stereocenters. The van der Waals surface area contributed by atoms with Crippen LogP contribution in [0.2, 0.25) is 0 Å². The minimum absolute atomic E-state index is 0. The maximum Gasteiger partial charge on any atom is 0.151 e. The van der Waals surface area contributed by atoms with Crippen molar-refractivity contribution in [3.05, 3.63) is 0 Å². The van der Waals surface area contributed by atoms with Crippen LogP contribution in [0.5, 0.6) is 0 Å². The van der Waals surface area contributed by atoms with E-state index in [1.54, 1.807) is 0 Å². The topological polar surface area (TPSA) is 118 Å². The molecule has 0 aliphatic heterocycles. The van der Waals surface area contributed by atoms with E-state index >= 15 is 0 Å². The molecule has 0 aromatic rings. The SMILES string of the molecule is O=C[C@H](O)[C@@H](O)[C@H](O)[C@H](O)CO.[Na].[Na]. The van der Waals surface area contributed by atoms with Crippen LogP contribution in [0.15, 0.2) is 0 Å². The molecule has 0 spiro atoms. The molecule has 0 saturated carbocycles. The first kappa shape index (κ1) is 20.8. The number of hydrogen-bond acceptors (Lipinski definition) is 6. The largest absolute Gasteiger partial charge is 0.394 e. The van der Waals surface area contributed by atoms with E-state index in [0.717, 1.165) is 0 Å². The molecule has 8 heteroatoms. The summed E-state index contributed by atoms with van der Waals surface area (Å²) in [5.74, 6) is 0. The Kier molecular flexibility index (Phi) is 16.3. The molecule has 0 fully saturated rings. The van der Waals surface area contributed by atoms with Crippen molar-refractivity contribution in [1.29, 1.82) is 0 Å². The van der Waals surface area contributed by atoms with E-state index in [9.17, 15) is 4.79 Å². The molecule has 0 amide bonds. The summed E-state index contributed by atoms with van der Waals surface area (Å²) in [6.07, 6.45) is -6.84. The zero-order valence-electron chi connectivity index (χ0n) is 8.24. The van der Waals surface area contributed by atoms with Crippen LogP contribution >= 0.6 is 0 Å². The zero-order valence-corrected chi connectivity index (χ0v) is 12.2. The fourth-order valence-electron chi connectivity index (χ4n) is 0.618. The van der Waals surface area contributed by atoms with Gasteiger partial charge in [-0.3, -0.25) is 0 Å². The van der Waals surface area contributed by atoms with Crippen LogP contribution < -0.4 is 0 Å². The maximum absolute atomic E-state index is 9.90. The molecule has 14 heavy (non-hydrogen) atoms. The molecule has 0 aromatic heterocycles. The third-order valence-electron chi connectivity index (χ3n) is 1.42. The molecule has 0 aromatic carbocycles. The third kappa shape index (κ3) is 6.86. The summed E-state index contributed by atoms with van der Waals surface area (Å²) < 4.78 is 0.